The maximum absolute atomic E-state index is 12.1. The monoisotopic (exact) mass is 302 g/mol. The Morgan fingerprint density at radius 1 is 1.47 bits per heavy atom. The first-order valence-corrected chi connectivity index (χ1v) is 9.02. The maximum Gasteiger partial charge on any atom is 0.226 e. The molecule has 0 aliphatic carbocycles. The van der Waals surface area contributed by atoms with Crippen LogP contribution in [-0.2, 0) is 16.4 Å². The molecule has 106 valence electrons. The average molecular weight is 302 g/mol. The summed E-state index contributed by atoms with van der Waals surface area (Å²) in [5, 5.41) is -0.528. The van der Waals surface area contributed by atoms with E-state index in [2.05, 4.69) is 9.97 Å². The molecule has 1 aliphatic rings. The number of hydrogen-bond acceptors (Lipinski definition) is 7. The standard InChI is InChI=1S/C11H18N4O2S2/c1-2-19(16,17)10-8-18-4-3-15(10)11-13-6-9(5-12)7-14-11/h6-7,10H,2-5,8,12H2,1H3. The van der Waals surface area contributed by atoms with Gasteiger partial charge in [0.1, 0.15) is 5.37 Å². The summed E-state index contributed by atoms with van der Waals surface area (Å²) in [7, 11) is -3.13. The fraction of sp³-hybridized carbons (Fsp3) is 0.636. The van der Waals surface area contributed by atoms with Crippen LogP contribution in [-0.4, -0.2) is 47.6 Å². The molecule has 19 heavy (non-hydrogen) atoms. The summed E-state index contributed by atoms with van der Waals surface area (Å²) in [5.74, 6) is 2.06. The first-order chi connectivity index (χ1) is 9.08. The maximum atomic E-state index is 12.1. The van der Waals surface area contributed by atoms with E-state index in [0.717, 1.165) is 11.3 Å². The topological polar surface area (TPSA) is 89.2 Å². The van der Waals surface area contributed by atoms with Crippen molar-refractivity contribution in [2.24, 2.45) is 5.73 Å². The molecule has 0 aromatic carbocycles. The first-order valence-electron chi connectivity index (χ1n) is 6.15. The Balaban J connectivity index is 2.28. The van der Waals surface area contributed by atoms with Crippen molar-refractivity contribution in [1.82, 2.24) is 9.97 Å². The van der Waals surface area contributed by atoms with E-state index < -0.39 is 15.2 Å². The van der Waals surface area contributed by atoms with E-state index in [1.54, 1.807) is 36.0 Å². The summed E-state index contributed by atoms with van der Waals surface area (Å²) in [4.78, 5) is 10.3. The van der Waals surface area contributed by atoms with Crippen molar-refractivity contribution in [2.45, 2.75) is 18.8 Å². The highest BCUT2D eigenvalue weighted by atomic mass is 32.2. The summed E-state index contributed by atoms with van der Waals surface area (Å²) < 4.78 is 24.3. The van der Waals surface area contributed by atoms with Gasteiger partial charge in [0.25, 0.3) is 0 Å². The van der Waals surface area contributed by atoms with Crippen molar-refractivity contribution in [3.05, 3.63) is 18.0 Å². The van der Waals surface area contributed by atoms with E-state index in [9.17, 15) is 8.42 Å². The molecule has 0 spiro atoms. The summed E-state index contributed by atoms with van der Waals surface area (Å²) in [6, 6.07) is 0. The molecule has 0 radical (unpaired) electrons. The molecular weight excluding hydrogens is 284 g/mol. The number of aromatic nitrogens is 2. The van der Waals surface area contributed by atoms with Crippen LogP contribution in [0.3, 0.4) is 0 Å². The van der Waals surface area contributed by atoms with Crippen LogP contribution in [0.2, 0.25) is 0 Å². The van der Waals surface area contributed by atoms with Gasteiger partial charge in [-0.05, 0) is 0 Å². The molecule has 6 nitrogen and oxygen atoms in total. The van der Waals surface area contributed by atoms with E-state index in [-0.39, 0.29) is 5.75 Å². The van der Waals surface area contributed by atoms with Gasteiger partial charge in [0, 0.05) is 48.3 Å². The molecular formula is C11H18N4O2S2. The van der Waals surface area contributed by atoms with Gasteiger partial charge in [-0.1, -0.05) is 6.92 Å². The summed E-state index contributed by atoms with van der Waals surface area (Å²) in [6.07, 6.45) is 3.30. The van der Waals surface area contributed by atoms with Gasteiger partial charge in [-0.15, -0.1) is 0 Å². The first kappa shape index (κ1) is 14.5. The number of thioether (sulfide) groups is 1. The lowest BCUT2D eigenvalue weighted by Crippen LogP contribution is -2.48. The second-order valence-electron chi connectivity index (χ2n) is 4.27. The van der Waals surface area contributed by atoms with Gasteiger partial charge in [0.15, 0.2) is 9.84 Å². The number of hydrogen-bond donors (Lipinski definition) is 1. The van der Waals surface area contributed by atoms with Gasteiger partial charge in [-0.25, -0.2) is 18.4 Å². The van der Waals surface area contributed by atoms with Crippen molar-refractivity contribution in [3.8, 4) is 0 Å². The van der Waals surface area contributed by atoms with Crippen molar-refractivity contribution in [3.63, 3.8) is 0 Å². The molecule has 0 bridgehead atoms. The average Bonchev–Trinajstić information content (AvgIpc) is 2.47. The minimum atomic E-state index is -3.13. The lowest BCUT2D eigenvalue weighted by Gasteiger charge is -2.34. The van der Waals surface area contributed by atoms with Gasteiger partial charge >= 0.3 is 0 Å². The van der Waals surface area contributed by atoms with Gasteiger partial charge in [-0.2, -0.15) is 11.8 Å². The molecule has 0 saturated carbocycles. The third-order valence-corrected chi connectivity index (χ3v) is 6.37. The molecule has 2 heterocycles. The van der Waals surface area contributed by atoms with Crippen LogP contribution >= 0.6 is 11.8 Å². The van der Waals surface area contributed by atoms with Crippen molar-refractivity contribution in [2.75, 3.05) is 28.7 Å². The zero-order chi connectivity index (χ0) is 13.9. The Morgan fingerprint density at radius 3 is 2.74 bits per heavy atom. The lowest BCUT2D eigenvalue weighted by atomic mass is 10.3. The molecule has 1 saturated heterocycles. The normalized spacial score (nSPS) is 20.5. The van der Waals surface area contributed by atoms with E-state index in [1.165, 1.54) is 0 Å². The van der Waals surface area contributed by atoms with Crippen molar-refractivity contribution in [1.29, 1.82) is 0 Å². The molecule has 2 rings (SSSR count). The fourth-order valence-electron chi connectivity index (χ4n) is 1.90. The van der Waals surface area contributed by atoms with Crippen molar-refractivity contribution < 1.29 is 8.42 Å². The molecule has 1 atom stereocenters. The summed E-state index contributed by atoms with van der Waals surface area (Å²) >= 11 is 1.65. The van der Waals surface area contributed by atoms with E-state index in [1.807, 2.05) is 0 Å². The van der Waals surface area contributed by atoms with Crippen LogP contribution in [0.1, 0.15) is 12.5 Å². The highest BCUT2D eigenvalue weighted by Crippen LogP contribution is 2.24. The summed E-state index contributed by atoms with van der Waals surface area (Å²) in [5.41, 5.74) is 6.34. The zero-order valence-electron chi connectivity index (χ0n) is 10.8. The third-order valence-electron chi connectivity index (χ3n) is 3.09. The molecule has 1 unspecified atom stereocenters. The molecule has 8 heteroatoms. The smallest absolute Gasteiger partial charge is 0.226 e. The molecule has 1 aromatic rings. The zero-order valence-corrected chi connectivity index (χ0v) is 12.5. The number of nitrogens with two attached hydrogens (primary N) is 1. The highest BCUT2D eigenvalue weighted by Gasteiger charge is 2.34. The van der Waals surface area contributed by atoms with Crippen LogP contribution in [0.15, 0.2) is 12.4 Å². The number of sulfone groups is 1. The lowest BCUT2D eigenvalue weighted by molar-refractivity contribution is 0.577. The van der Waals surface area contributed by atoms with Crippen molar-refractivity contribution >= 4 is 27.5 Å². The number of rotatable bonds is 4. The Hall–Kier alpha value is -0.860. The van der Waals surface area contributed by atoms with Gasteiger partial charge in [0.2, 0.25) is 5.95 Å². The minimum absolute atomic E-state index is 0.135. The fourth-order valence-corrected chi connectivity index (χ4v) is 4.87. The second kappa shape index (κ2) is 6.06. The van der Waals surface area contributed by atoms with E-state index >= 15 is 0 Å². The highest BCUT2D eigenvalue weighted by molar-refractivity contribution is 8.01. The molecule has 2 N–H and O–H groups in total. The quantitative estimate of drug-likeness (QED) is 0.852. The van der Waals surface area contributed by atoms with Gasteiger partial charge < -0.3 is 10.6 Å². The number of anilines is 1. The van der Waals surface area contributed by atoms with Crippen LogP contribution in [0.4, 0.5) is 5.95 Å². The molecule has 1 aromatic heterocycles. The van der Waals surface area contributed by atoms with Gasteiger partial charge in [-0.3, -0.25) is 0 Å². The molecule has 0 amide bonds. The predicted octanol–water partition coefficient (Wildman–Crippen LogP) is 0.249. The predicted molar refractivity (Wildman–Crippen MR) is 77.8 cm³/mol. The summed E-state index contributed by atoms with van der Waals surface area (Å²) in [6.45, 7) is 2.70. The number of nitrogens with zero attached hydrogens (tertiary/aromatic N) is 3. The minimum Gasteiger partial charge on any atom is -0.326 e. The SMILES string of the molecule is CCS(=O)(=O)C1CSCCN1c1ncc(CN)cn1. The Labute approximate surface area is 117 Å². The Morgan fingerprint density at radius 2 is 2.16 bits per heavy atom. The van der Waals surface area contributed by atoms with E-state index in [4.69, 9.17) is 5.73 Å². The van der Waals surface area contributed by atoms with Crippen LogP contribution in [0.5, 0.6) is 0 Å². The van der Waals surface area contributed by atoms with Crippen LogP contribution in [0.25, 0.3) is 0 Å². The largest absolute Gasteiger partial charge is 0.326 e. The third kappa shape index (κ3) is 3.18. The molecule has 1 fully saturated rings. The Bertz CT molecular complexity index is 518. The van der Waals surface area contributed by atoms with Crippen LogP contribution in [0, 0.1) is 0 Å². The molecule has 1 aliphatic heterocycles. The van der Waals surface area contributed by atoms with Crippen LogP contribution < -0.4 is 10.6 Å². The Kier molecular flexibility index (Phi) is 4.64. The van der Waals surface area contributed by atoms with Gasteiger partial charge in [0.05, 0.1) is 0 Å². The second-order valence-corrected chi connectivity index (χ2v) is 7.87. The van der Waals surface area contributed by atoms with E-state index in [0.29, 0.717) is 24.8 Å².